The number of carbonyl (C=O) groups is 2. The zero-order valence-corrected chi connectivity index (χ0v) is 27.0. The van der Waals surface area contributed by atoms with Crippen LogP contribution in [-0.2, 0) is 26.2 Å². The molecule has 0 saturated heterocycles. The Morgan fingerprint density at radius 3 is 2.14 bits per heavy atom. The molecule has 0 aliphatic carbocycles. The fourth-order valence-corrected chi connectivity index (χ4v) is 6.45. The maximum absolute atomic E-state index is 14.2. The van der Waals surface area contributed by atoms with Gasteiger partial charge in [0, 0.05) is 34.8 Å². The van der Waals surface area contributed by atoms with Gasteiger partial charge in [-0.3, -0.25) is 13.9 Å². The molecule has 1 N–H and O–H groups in total. The molecule has 0 bridgehead atoms. The number of rotatable bonds is 15. The highest BCUT2D eigenvalue weighted by atomic mass is 35.5. The maximum Gasteiger partial charge on any atom is 0.264 e. The molecular weight excluding hydrogens is 613 g/mol. The van der Waals surface area contributed by atoms with Crippen LogP contribution in [0.25, 0.3) is 0 Å². The summed E-state index contributed by atoms with van der Waals surface area (Å²) in [7, 11) is -1.45. The van der Waals surface area contributed by atoms with Crippen LogP contribution < -0.4 is 19.1 Å². The minimum absolute atomic E-state index is 0.101. The minimum Gasteiger partial charge on any atom is -0.493 e. The van der Waals surface area contributed by atoms with E-state index in [1.807, 2.05) is 6.92 Å². The van der Waals surface area contributed by atoms with Crippen LogP contribution in [0.5, 0.6) is 11.5 Å². The van der Waals surface area contributed by atoms with Crippen LogP contribution in [0.3, 0.4) is 0 Å². The van der Waals surface area contributed by atoms with Crippen molar-refractivity contribution in [2.75, 3.05) is 31.6 Å². The van der Waals surface area contributed by atoms with Crippen LogP contribution in [0.2, 0.25) is 10.0 Å². The smallest absolute Gasteiger partial charge is 0.264 e. The standard InChI is InChI=1S/C31H37Cl2N3O6S/c1-5-7-18-34-31(38)27(6-2)35(20-24-25(32)14-11-15-26(24)33)30(37)21-36(22-12-9-8-10-13-22)43(39,40)23-16-17-28(41-3)29(19-23)42-4/h8-17,19,27H,5-7,18,20-21H2,1-4H3,(H,34,38). The van der Waals surface area contributed by atoms with Gasteiger partial charge in [-0.15, -0.1) is 0 Å². The molecule has 3 rings (SSSR count). The minimum atomic E-state index is -4.30. The number of nitrogens with zero attached hydrogens (tertiary/aromatic N) is 2. The van der Waals surface area contributed by atoms with E-state index in [0.717, 1.165) is 17.1 Å². The number of hydrogen-bond acceptors (Lipinski definition) is 6. The van der Waals surface area contributed by atoms with Crippen molar-refractivity contribution < 1.29 is 27.5 Å². The third-order valence-electron chi connectivity index (χ3n) is 6.87. The molecule has 0 aliphatic heterocycles. The van der Waals surface area contributed by atoms with Gasteiger partial charge in [0.25, 0.3) is 10.0 Å². The van der Waals surface area contributed by atoms with Gasteiger partial charge in [0.2, 0.25) is 11.8 Å². The third kappa shape index (κ3) is 8.34. The molecule has 43 heavy (non-hydrogen) atoms. The monoisotopic (exact) mass is 649 g/mol. The van der Waals surface area contributed by atoms with Gasteiger partial charge >= 0.3 is 0 Å². The molecular formula is C31H37Cl2N3O6S. The number of amides is 2. The van der Waals surface area contributed by atoms with Gasteiger partial charge < -0.3 is 19.7 Å². The first-order chi connectivity index (χ1) is 20.6. The summed E-state index contributed by atoms with van der Waals surface area (Å²) in [5.41, 5.74) is 0.717. The van der Waals surface area contributed by atoms with E-state index in [2.05, 4.69) is 5.32 Å². The molecule has 0 heterocycles. The highest BCUT2D eigenvalue weighted by Crippen LogP contribution is 2.33. The molecule has 3 aromatic rings. The molecule has 9 nitrogen and oxygen atoms in total. The summed E-state index contributed by atoms with van der Waals surface area (Å²) >= 11 is 12.9. The third-order valence-corrected chi connectivity index (χ3v) is 9.35. The molecule has 0 aromatic heterocycles. The van der Waals surface area contributed by atoms with E-state index in [-0.39, 0.29) is 35.2 Å². The number of halogens is 2. The summed E-state index contributed by atoms with van der Waals surface area (Å²) in [5, 5.41) is 3.54. The Morgan fingerprint density at radius 2 is 1.56 bits per heavy atom. The molecule has 0 aliphatic rings. The van der Waals surface area contributed by atoms with Gasteiger partial charge in [-0.1, -0.05) is 67.7 Å². The first-order valence-corrected chi connectivity index (χ1v) is 16.1. The highest BCUT2D eigenvalue weighted by Gasteiger charge is 2.34. The predicted octanol–water partition coefficient (Wildman–Crippen LogP) is 5.93. The number of ether oxygens (including phenoxy) is 2. The topological polar surface area (TPSA) is 105 Å². The number of hydrogen-bond donors (Lipinski definition) is 1. The van der Waals surface area contributed by atoms with E-state index < -0.39 is 28.5 Å². The lowest BCUT2D eigenvalue weighted by Gasteiger charge is -2.33. The van der Waals surface area contributed by atoms with Crippen molar-refractivity contribution in [2.24, 2.45) is 0 Å². The Bertz CT molecular complexity index is 1480. The Labute approximate surface area is 263 Å². The summed E-state index contributed by atoms with van der Waals surface area (Å²) < 4.78 is 39.8. The second kappa shape index (κ2) is 15.8. The second-order valence-electron chi connectivity index (χ2n) is 9.65. The molecule has 12 heteroatoms. The molecule has 232 valence electrons. The predicted molar refractivity (Wildman–Crippen MR) is 170 cm³/mol. The van der Waals surface area contributed by atoms with Gasteiger partial charge in [0.15, 0.2) is 11.5 Å². The van der Waals surface area contributed by atoms with Crippen molar-refractivity contribution in [1.82, 2.24) is 10.2 Å². The maximum atomic E-state index is 14.2. The number of unbranched alkanes of at least 4 members (excludes halogenated alkanes) is 1. The lowest BCUT2D eigenvalue weighted by atomic mass is 10.1. The quantitative estimate of drug-likeness (QED) is 0.205. The molecule has 0 saturated carbocycles. The zero-order valence-electron chi connectivity index (χ0n) is 24.7. The highest BCUT2D eigenvalue weighted by molar-refractivity contribution is 7.92. The van der Waals surface area contributed by atoms with Crippen molar-refractivity contribution in [1.29, 1.82) is 0 Å². The van der Waals surface area contributed by atoms with Crippen molar-refractivity contribution in [2.45, 2.75) is 50.6 Å². The van der Waals surface area contributed by atoms with Crippen molar-refractivity contribution in [3.05, 3.63) is 82.3 Å². The van der Waals surface area contributed by atoms with Gasteiger partial charge in [0.1, 0.15) is 12.6 Å². The van der Waals surface area contributed by atoms with Crippen LogP contribution in [0, 0.1) is 0 Å². The molecule has 3 aromatic carbocycles. The van der Waals surface area contributed by atoms with E-state index in [4.69, 9.17) is 32.7 Å². The molecule has 0 radical (unpaired) electrons. The van der Waals surface area contributed by atoms with Gasteiger partial charge in [-0.2, -0.15) is 0 Å². The summed E-state index contributed by atoms with van der Waals surface area (Å²) in [6.07, 6.45) is 1.94. The van der Waals surface area contributed by atoms with Crippen molar-refractivity contribution in [3.63, 3.8) is 0 Å². The second-order valence-corrected chi connectivity index (χ2v) is 12.3. The molecule has 0 fully saturated rings. The Morgan fingerprint density at radius 1 is 0.907 bits per heavy atom. The van der Waals surface area contributed by atoms with Crippen LogP contribution >= 0.6 is 23.2 Å². The van der Waals surface area contributed by atoms with E-state index in [1.165, 1.54) is 37.3 Å². The number of benzene rings is 3. The first kappa shape index (κ1) is 34.0. The summed E-state index contributed by atoms with van der Waals surface area (Å²) in [6, 6.07) is 16.5. The molecule has 1 atom stereocenters. The summed E-state index contributed by atoms with van der Waals surface area (Å²) in [5.74, 6) is -0.387. The lowest BCUT2D eigenvalue weighted by Crippen LogP contribution is -2.52. The Hall–Kier alpha value is -3.47. The van der Waals surface area contributed by atoms with Gasteiger partial charge in [-0.25, -0.2) is 8.42 Å². The largest absolute Gasteiger partial charge is 0.493 e. The average Bonchev–Trinajstić information content (AvgIpc) is 3.01. The van der Waals surface area contributed by atoms with E-state index in [9.17, 15) is 18.0 Å². The number of anilines is 1. The van der Waals surface area contributed by atoms with Crippen LogP contribution in [0.4, 0.5) is 5.69 Å². The summed E-state index contributed by atoms with van der Waals surface area (Å²) in [4.78, 5) is 28.8. The van der Waals surface area contributed by atoms with Crippen molar-refractivity contribution in [3.8, 4) is 11.5 Å². The first-order valence-electron chi connectivity index (χ1n) is 13.9. The fraction of sp³-hybridized carbons (Fsp3) is 0.355. The molecule has 1 unspecified atom stereocenters. The van der Waals surface area contributed by atoms with Gasteiger partial charge in [0.05, 0.1) is 24.8 Å². The van der Waals surface area contributed by atoms with E-state index in [0.29, 0.717) is 27.9 Å². The van der Waals surface area contributed by atoms with Crippen LogP contribution in [0.15, 0.2) is 71.6 Å². The Kier molecular flexibility index (Phi) is 12.5. The average molecular weight is 651 g/mol. The Balaban J connectivity index is 2.09. The van der Waals surface area contributed by atoms with Gasteiger partial charge in [-0.05, 0) is 49.2 Å². The summed E-state index contributed by atoms with van der Waals surface area (Å²) in [6.45, 7) is 3.55. The van der Waals surface area contributed by atoms with E-state index >= 15 is 0 Å². The SMILES string of the molecule is CCCCNC(=O)C(CC)N(Cc1c(Cl)cccc1Cl)C(=O)CN(c1ccccc1)S(=O)(=O)c1ccc(OC)c(OC)c1. The number of sulfonamides is 1. The van der Waals surface area contributed by atoms with Crippen LogP contribution in [-0.4, -0.2) is 58.5 Å². The fourth-order valence-electron chi connectivity index (χ4n) is 4.51. The van der Waals surface area contributed by atoms with E-state index in [1.54, 1.807) is 55.5 Å². The number of para-hydroxylation sites is 1. The number of nitrogens with one attached hydrogen (secondary N) is 1. The van der Waals surface area contributed by atoms with Crippen LogP contribution in [0.1, 0.15) is 38.7 Å². The van der Waals surface area contributed by atoms with Crippen molar-refractivity contribution >= 4 is 50.7 Å². The normalized spacial score (nSPS) is 11.9. The number of carbonyl (C=O) groups excluding carboxylic acids is 2. The zero-order chi connectivity index (χ0) is 31.6. The molecule has 0 spiro atoms. The molecule has 2 amide bonds. The number of methoxy groups -OCH3 is 2. The lowest BCUT2D eigenvalue weighted by molar-refractivity contribution is -0.140.